The average molecular weight is 401 g/mol. The van der Waals surface area contributed by atoms with Crippen molar-refractivity contribution in [1.82, 2.24) is 4.57 Å². The molecule has 0 saturated carbocycles. The molecule has 2 aromatic rings. The minimum Gasteiger partial charge on any atom is -0.394 e. The SMILES string of the molecule is Nc1cn(CC(=O)Nc2ccc(Br)cc2)cc(Br)c1=O. The molecule has 0 radical (unpaired) electrons. The van der Waals surface area contributed by atoms with Gasteiger partial charge in [-0.15, -0.1) is 0 Å². The number of nitrogen functional groups attached to an aromatic ring is 1. The van der Waals surface area contributed by atoms with Gasteiger partial charge in [0, 0.05) is 22.6 Å². The van der Waals surface area contributed by atoms with Crippen molar-refractivity contribution in [2.45, 2.75) is 6.54 Å². The van der Waals surface area contributed by atoms with Crippen LogP contribution in [-0.2, 0) is 11.3 Å². The lowest BCUT2D eigenvalue weighted by molar-refractivity contribution is -0.116. The zero-order valence-corrected chi connectivity index (χ0v) is 13.4. The Morgan fingerprint density at radius 3 is 2.45 bits per heavy atom. The maximum Gasteiger partial charge on any atom is 0.244 e. The molecule has 0 aliphatic heterocycles. The summed E-state index contributed by atoms with van der Waals surface area (Å²) in [6, 6.07) is 7.25. The van der Waals surface area contributed by atoms with E-state index < -0.39 is 0 Å². The summed E-state index contributed by atoms with van der Waals surface area (Å²) < 4.78 is 2.82. The molecule has 3 N–H and O–H groups in total. The summed E-state index contributed by atoms with van der Waals surface area (Å²) in [5.41, 5.74) is 6.08. The van der Waals surface area contributed by atoms with Crippen LogP contribution in [-0.4, -0.2) is 10.5 Å². The highest BCUT2D eigenvalue weighted by Crippen LogP contribution is 2.14. The maximum atomic E-state index is 11.9. The van der Waals surface area contributed by atoms with Crippen LogP contribution in [0.2, 0.25) is 0 Å². The van der Waals surface area contributed by atoms with E-state index >= 15 is 0 Å². The monoisotopic (exact) mass is 399 g/mol. The summed E-state index contributed by atoms with van der Waals surface area (Å²) in [6.45, 7) is 0.0686. The largest absolute Gasteiger partial charge is 0.394 e. The van der Waals surface area contributed by atoms with E-state index in [4.69, 9.17) is 5.73 Å². The lowest BCUT2D eigenvalue weighted by atomic mass is 10.3. The molecular weight excluding hydrogens is 390 g/mol. The van der Waals surface area contributed by atoms with Crippen LogP contribution in [0.25, 0.3) is 0 Å². The number of carbonyl (C=O) groups excluding carboxylic acids is 1. The summed E-state index contributed by atoms with van der Waals surface area (Å²) in [6.07, 6.45) is 2.97. The molecule has 2 rings (SSSR count). The molecule has 1 heterocycles. The number of hydrogen-bond donors (Lipinski definition) is 2. The summed E-state index contributed by atoms with van der Waals surface area (Å²) in [5, 5.41) is 2.76. The predicted octanol–water partition coefficient (Wildman–Crippen LogP) is 2.59. The molecule has 1 aromatic carbocycles. The van der Waals surface area contributed by atoms with Gasteiger partial charge in [-0.3, -0.25) is 9.59 Å². The number of nitrogens with two attached hydrogens (primary N) is 1. The van der Waals surface area contributed by atoms with Crippen LogP contribution >= 0.6 is 31.9 Å². The summed E-state index contributed by atoms with van der Waals surface area (Å²) in [5.74, 6) is -0.206. The van der Waals surface area contributed by atoms with Gasteiger partial charge in [-0.25, -0.2) is 0 Å². The standard InChI is InChI=1S/C13H11Br2N3O2/c14-8-1-3-9(4-2-8)17-12(19)7-18-5-10(15)13(20)11(16)6-18/h1-6H,7,16H2,(H,17,19). The van der Waals surface area contributed by atoms with Crippen LogP contribution in [0.1, 0.15) is 0 Å². The van der Waals surface area contributed by atoms with E-state index in [1.165, 1.54) is 12.4 Å². The number of nitrogens with one attached hydrogen (secondary N) is 1. The van der Waals surface area contributed by atoms with E-state index in [1.807, 2.05) is 12.1 Å². The summed E-state index contributed by atoms with van der Waals surface area (Å²) in [7, 11) is 0. The Kier molecular flexibility index (Phi) is 4.61. The van der Waals surface area contributed by atoms with Crippen molar-refractivity contribution in [2.24, 2.45) is 0 Å². The number of benzene rings is 1. The number of hydrogen-bond acceptors (Lipinski definition) is 3. The molecule has 5 nitrogen and oxygen atoms in total. The molecule has 104 valence electrons. The van der Waals surface area contributed by atoms with Crippen LogP contribution in [0.5, 0.6) is 0 Å². The molecule has 7 heteroatoms. The molecule has 20 heavy (non-hydrogen) atoms. The Balaban J connectivity index is 2.08. The second-order valence-electron chi connectivity index (χ2n) is 4.12. The van der Waals surface area contributed by atoms with E-state index in [-0.39, 0.29) is 23.6 Å². The molecule has 0 aliphatic rings. The van der Waals surface area contributed by atoms with Crippen LogP contribution in [0.15, 0.2) is 50.4 Å². The highest BCUT2D eigenvalue weighted by molar-refractivity contribution is 9.10. The predicted molar refractivity (Wildman–Crippen MR) is 85.6 cm³/mol. The van der Waals surface area contributed by atoms with Crippen molar-refractivity contribution in [1.29, 1.82) is 0 Å². The molecule has 1 aromatic heterocycles. The minimum absolute atomic E-state index is 0.0686. The molecule has 0 saturated heterocycles. The first-order valence-electron chi connectivity index (χ1n) is 5.66. The number of halogens is 2. The van der Waals surface area contributed by atoms with Crippen molar-refractivity contribution in [3.8, 4) is 0 Å². The Morgan fingerprint density at radius 2 is 1.85 bits per heavy atom. The van der Waals surface area contributed by atoms with Gasteiger partial charge >= 0.3 is 0 Å². The smallest absolute Gasteiger partial charge is 0.244 e. The Morgan fingerprint density at radius 1 is 1.20 bits per heavy atom. The van der Waals surface area contributed by atoms with E-state index in [0.717, 1.165) is 4.47 Å². The molecule has 0 atom stereocenters. The first-order valence-corrected chi connectivity index (χ1v) is 7.25. The number of nitrogens with zero attached hydrogens (tertiary/aromatic N) is 1. The fourth-order valence-corrected chi connectivity index (χ4v) is 2.36. The molecule has 1 amide bonds. The molecule has 0 aliphatic carbocycles. The third-order valence-corrected chi connectivity index (χ3v) is 3.61. The van der Waals surface area contributed by atoms with Gasteiger partial charge in [0.05, 0.1) is 10.2 Å². The zero-order valence-electron chi connectivity index (χ0n) is 10.3. The fraction of sp³-hybridized carbons (Fsp3) is 0.0769. The van der Waals surface area contributed by atoms with Gasteiger partial charge in [0.1, 0.15) is 6.54 Å². The van der Waals surface area contributed by atoms with Crippen molar-refractivity contribution in [3.05, 3.63) is 55.8 Å². The van der Waals surface area contributed by atoms with Gasteiger partial charge in [0.2, 0.25) is 11.3 Å². The summed E-state index contributed by atoms with van der Waals surface area (Å²) in [4.78, 5) is 23.3. The number of amides is 1. The van der Waals surface area contributed by atoms with Crippen LogP contribution < -0.4 is 16.5 Å². The Hall–Kier alpha value is -1.60. The quantitative estimate of drug-likeness (QED) is 0.831. The van der Waals surface area contributed by atoms with E-state index in [9.17, 15) is 9.59 Å². The molecule has 0 spiro atoms. The zero-order chi connectivity index (χ0) is 14.7. The van der Waals surface area contributed by atoms with Gasteiger partial charge in [-0.1, -0.05) is 15.9 Å². The lowest BCUT2D eigenvalue weighted by Crippen LogP contribution is -2.21. The second-order valence-corrected chi connectivity index (χ2v) is 5.89. The van der Waals surface area contributed by atoms with Crippen LogP contribution in [0.3, 0.4) is 0 Å². The Labute approximate surface area is 132 Å². The van der Waals surface area contributed by atoms with E-state index in [0.29, 0.717) is 10.2 Å². The van der Waals surface area contributed by atoms with Crippen molar-refractivity contribution in [2.75, 3.05) is 11.1 Å². The highest BCUT2D eigenvalue weighted by atomic mass is 79.9. The third kappa shape index (κ3) is 3.71. The highest BCUT2D eigenvalue weighted by Gasteiger charge is 2.06. The molecule has 0 unspecified atom stereocenters. The average Bonchev–Trinajstić information content (AvgIpc) is 2.38. The number of rotatable bonds is 3. The van der Waals surface area contributed by atoms with Gasteiger partial charge in [0.25, 0.3) is 0 Å². The third-order valence-electron chi connectivity index (χ3n) is 2.52. The minimum atomic E-state index is -0.283. The molecule has 0 fully saturated rings. The molecule has 0 bridgehead atoms. The number of carbonyl (C=O) groups is 1. The first-order chi connectivity index (χ1) is 9.45. The van der Waals surface area contributed by atoms with Crippen molar-refractivity contribution < 1.29 is 4.79 Å². The maximum absolute atomic E-state index is 11.9. The summed E-state index contributed by atoms with van der Waals surface area (Å²) >= 11 is 6.43. The first kappa shape index (κ1) is 14.8. The Bertz CT molecular complexity index is 670. The van der Waals surface area contributed by atoms with Gasteiger partial charge in [0.15, 0.2) is 0 Å². The van der Waals surface area contributed by atoms with Crippen molar-refractivity contribution in [3.63, 3.8) is 0 Å². The van der Waals surface area contributed by atoms with E-state index in [2.05, 4.69) is 37.2 Å². The van der Waals surface area contributed by atoms with Crippen molar-refractivity contribution >= 4 is 49.1 Å². The van der Waals surface area contributed by atoms with Gasteiger partial charge in [-0.2, -0.15) is 0 Å². The normalized spacial score (nSPS) is 10.3. The number of anilines is 2. The number of pyridine rings is 1. The second kappa shape index (κ2) is 6.23. The fourth-order valence-electron chi connectivity index (χ4n) is 1.61. The van der Waals surface area contributed by atoms with Gasteiger partial charge < -0.3 is 15.6 Å². The lowest BCUT2D eigenvalue weighted by Gasteiger charge is -2.09. The molecular formula is C13H11Br2N3O2. The van der Waals surface area contributed by atoms with Crippen LogP contribution in [0, 0.1) is 0 Å². The van der Waals surface area contributed by atoms with Crippen LogP contribution in [0.4, 0.5) is 11.4 Å². The topological polar surface area (TPSA) is 77.1 Å². The van der Waals surface area contributed by atoms with E-state index in [1.54, 1.807) is 16.7 Å². The number of aromatic nitrogens is 1. The van der Waals surface area contributed by atoms with Gasteiger partial charge in [-0.05, 0) is 40.2 Å².